The van der Waals surface area contributed by atoms with Crippen LogP contribution in [0.25, 0.3) is 0 Å². The molecule has 3 rings (SSSR count). The van der Waals surface area contributed by atoms with Crippen LogP contribution in [0.5, 0.6) is 0 Å². The molecular formula is C22H27N3O4S. The Morgan fingerprint density at radius 3 is 2.23 bits per heavy atom. The Labute approximate surface area is 177 Å². The van der Waals surface area contributed by atoms with Gasteiger partial charge in [0.05, 0.1) is 10.8 Å². The number of primary amides is 1. The predicted octanol–water partition coefficient (Wildman–Crippen LogP) is 2.75. The Bertz CT molecular complexity index is 1060. The second-order valence-corrected chi connectivity index (χ2v) is 9.74. The Morgan fingerprint density at radius 1 is 1.07 bits per heavy atom. The minimum atomic E-state index is -3.69. The predicted molar refractivity (Wildman–Crippen MR) is 116 cm³/mol. The van der Waals surface area contributed by atoms with Crippen LogP contribution in [-0.2, 0) is 14.8 Å². The molecule has 0 radical (unpaired) electrons. The Kier molecular flexibility index (Phi) is 6.28. The van der Waals surface area contributed by atoms with Gasteiger partial charge in [0.2, 0.25) is 21.8 Å². The lowest BCUT2D eigenvalue weighted by Crippen LogP contribution is -2.44. The molecule has 1 saturated heterocycles. The van der Waals surface area contributed by atoms with E-state index in [-0.39, 0.29) is 12.5 Å². The van der Waals surface area contributed by atoms with Crippen LogP contribution in [-0.4, -0.2) is 37.6 Å². The van der Waals surface area contributed by atoms with Crippen LogP contribution in [0.15, 0.2) is 41.3 Å². The van der Waals surface area contributed by atoms with Crippen molar-refractivity contribution >= 4 is 27.5 Å². The summed E-state index contributed by atoms with van der Waals surface area (Å²) in [5.74, 6) is -1.22. The van der Waals surface area contributed by atoms with Crippen molar-refractivity contribution in [2.24, 2.45) is 11.7 Å². The molecule has 1 atom stereocenters. The van der Waals surface area contributed by atoms with Gasteiger partial charge in [-0.25, -0.2) is 8.42 Å². The van der Waals surface area contributed by atoms with E-state index in [4.69, 9.17) is 5.73 Å². The van der Waals surface area contributed by atoms with Gasteiger partial charge in [0.15, 0.2) is 0 Å². The standard InChI is InChI=1S/C22H27N3O4S/c1-14-11-15(2)20(16(3)12-14)30(28,29)25-10-4-5-18(13-25)22(27)24-19-8-6-17(7-9-19)21(23)26/h6-9,11-12,18H,4-5,10,13H2,1-3H3,(H2,23,26)(H,24,27)/t18-/m0/s1. The largest absolute Gasteiger partial charge is 0.366 e. The van der Waals surface area contributed by atoms with Crippen LogP contribution >= 0.6 is 0 Å². The highest BCUT2D eigenvalue weighted by atomic mass is 32.2. The van der Waals surface area contributed by atoms with Gasteiger partial charge >= 0.3 is 0 Å². The summed E-state index contributed by atoms with van der Waals surface area (Å²) >= 11 is 0. The van der Waals surface area contributed by atoms with Gasteiger partial charge in [0.25, 0.3) is 0 Å². The number of hydrogen-bond donors (Lipinski definition) is 2. The molecule has 0 bridgehead atoms. The molecule has 2 aromatic rings. The average Bonchev–Trinajstić information content (AvgIpc) is 2.67. The van der Waals surface area contributed by atoms with Crippen molar-refractivity contribution in [1.82, 2.24) is 4.31 Å². The number of anilines is 1. The van der Waals surface area contributed by atoms with Gasteiger partial charge in [-0.15, -0.1) is 0 Å². The Morgan fingerprint density at radius 2 is 1.67 bits per heavy atom. The lowest BCUT2D eigenvalue weighted by molar-refractivity contribution is -0.120. The first-order valence-electron chi connectivity index (χ1n) is 9.88. The molecule has 0 aliphatic carbocycles. The van der Waals surface area contributed by atoms with Gasteiger partial charge in [-0.1, -0.05) is 17.7 Å². The van der Waals surface area contributed by atoms with Crippen molar-refractivity contribution in [3.05, 3.63) is 58.7 Å². The molecule has 1 fully saturated rings. The van der Waals surface area contributed by atoms with E-state index < -0.39 is 21.8 Å². The Balaban J connectivity index is 1.76. The van der Waals surface area contributed by atoms with Crippen LogP contribution in [0.3, 0.4) is 0 Å². The topological polar surface area (TPSA) is 110 Å². The van der Waals surface area contributed by atoms with Crippen molar-refractivity contribution in [2.75, 3.05) is 18.4 Å². The molecule has 0 aromatic heterocycles. The SMILES string of the molecule is Cc1cc(C)c(S(=O)(=O)N2CCC[C@H](C(=O)Nc3ccc(C(N)=O)cc3)C2)c(C)c1. The maximum Gasteiger partial charge on any atom is 0.248 e. The highest BCUT2D eigenvalue weighted by Gasteiger charge is 2.34. The lowest BCUT2D eigenvalue weighted by Gasteiger charge is -2.32. The number of carbonyl (C=O) groups is 2. The molecule has 2 amide bonds. The van der Waals surface area contributed by atoms with Crippen LogP contribution in [0.2, 0.25) is 0 Å². The fourth-order valence-corrected chi connectivity index (χ4v) is 5.98. The quantitative estimate of drug-likeness (QED) is 0.761. The molecule has 1 aliphatic rings. The van der Waals surface area contributed by atoms with E-state index >= 15 is 0 Å². The first-order valence-corrected chi connectivity index (χ1v) is 11.3. The average molecular weight is 430 g/mol. The van der Waals surface area contributed by atoms with E-state index in [0.717, 1.165) is 5.56 Å². The number of piperidine rings is 1. The molecule has 0 unspecified atom stereocenters. The van der Waals surface area contributed by atoms with Crippen LogP contribution in [0, 0.1) is 26.7 Å². The van der Waals surface area contributed by atoms with E-state index in [2.05, 4.69) is 5.32 Å². The van der Waals surface area contributed by atoms with E-state index in [1.165, 1.54) is 4.31 Å². The van der Waals surface area contributed by atoms with E-state index in [1.807, 2.05) is 19.1 Å². The summed E-state index contributed by atoms with van der Waals surface area (Å²) in [4.78, 5) is 24.2. The summed E-state index contributed by atoms with van der Waals surface area (Å²) < 4.78 is 28.1. The number of nitrogens with one attached hydrogen (secondary N) is 1. The molecule has 2 aromatic carbocycles. The fourth-order valence-electron chi connectivity index (χ4n) is 4.04. The van der Waals surface area contributed by atoms with Crippen LogP contribution in [0.4, 0.5) is 5.69 Å². The first-order chi connectivity index (χ1) is 14.1. The second kappa shape index (κ2) is 8.57. The normalized spacial score (nSPS) is 17.5. The molecule has 0 saturated carbocycles. The number of amides is 2. The molecule has 30 heavy (non-hydrogen) atoms. The smallest absolute Gasteiger partial charge is 0.248 e. The molecule has 1 aliphatic heterocycles. The highest BCUT2D eigenvalue weighted by Crippen LogP contribution is 2.29. The number of nitrogens with two attached hydrogens (primary N) is 1. The second-order valence-electron chi connectivity index (χ2n) is 7.86. The summed E-state index contributed by atoms with van der Waals surface area (Å²) in [5.41, 5.74) is 8.57. The van der Waals surface area contributed by atoms with E-state index in [0.29, 0.717) is 46.7 Å². The number of nitrogens with zero attached hydrogens (tertiary/aromatic N) is 1. The first kappa shape index (κ1) is 22.0. The van der Waals surface area contributed by atoms with Crippen molar-refractivity contribution < 1.29 is 18.0 Å². The fraction of sp³-hybridized carbons (Fsp3) is 0.364. The monoisotopic (exact) mass is 429 g/mol. The number of carbonyl (C=O) groups excluding carboxylic acids is 2. The third kappa shape index (κ3) is 4.55. The van der Waals surface area contributed by atoms with Gasteiger partial charge in [-0.3, -0.25) is 9.59 Å². The third-order valence-corrected chi connectivity index (χ3v) is 7.57. The molecule has 160 valence electrons. The van der Waals surface area contributed by atoms with Gasteiger partial charge in [0.1, 0.15) is 0 Å². The van der Waals surface area contributed by atoms with Crippen LogP contribution < -0.4 is 11.1 Å². The van der Waals surface area contributed by atoms with Gasteiger partial charge < -0.3 is 11.1 Å². The summed E-state index contributed by atoms with van der Waals surface area (Å²) in [6.45, 7) is 6.08. The Hall–Kier alpha value is -2.71. The molecule has 3 N–H and O–H groups in total. The van der Waals surface area contributed by atoms with Gasteiger partial charge in [0, 0.05) is 24.3 Å². The highest BCUT2D eigenvalue weighted by molar-refractivity contribution is 7.89. The van der Waals surface area contributed by atoms with E-state index in [9.17, 15) is 18.0 Å². The van der Waals surface area contributed by atoms with Crippen molar-refractivity contribution in [3.63, 3.8) is 0 Å². The number of aryl methyl sites for hydroxylation is 3. The minimum Gasteiger partial charge on any atom is -0.366 e. The maximum absolute atomic E-state index is 13.3. The maximum atomic E-state index is 13.3. The van der Waals surface area contributed by atoms with Crippen LogP contribution in [0.1, 0.15) is 39.9 Å². The van der Waals surface area contributed by atoms with Gasteiger partial charge in [-0.2, -0.15) is 4.31 Å². The number of sulfonamides is 1. The zero-order chi connectivity index (χ0) is 22.1. The summed E-state index contributed by atoms with van der Waals surface area (Å²) in [6, 6.07) is 10.0. The zero-order valence-corrected chi connectivity index (χ0v) is 18.3. The van der Waals surface area contributed by atoms with Gasteiger partial charge in [-0.05, 0) is 69.0 Å². The molecule has 1 heterocycles. The summed E-state index contributed by atoms with van der Waals surface area (Å²) in [6.07, 6.45) is 1.23. The number of rotatable bonds is 5. The minimum absolute atomic E-state index is 0.139. The molecule has 7 nitrogen and oxygen atoms in total. The summed E-state index contributed by atoms with van der Waals surface area (Å²) in [5, 5.41) is 2.81. The third-order valence-electron chi connectivity index (χ3n) is 5.39. The van der Waals surface area contributed by atoms with Crippen molar-refractivity contribution in [2.45, 2.75) is 38.5 Å². The lowest BCUT2D eigenvalue weighted by atomic mass is 9.98. The summed E-state index contributed by atoms with van der Waals surface area (Å²) in [7, 11) is -3.69. The number of benzene rings is 2. The van der Waals surface area contributed by atoms with E-state index in [1.54, 1.807) is 38.1 Å². The molecule has 8 heteroatoms. The molecule has 0 spiro atoms. The van der Waals surface area contributed by atoms with Crippen molar-refractivity contribution in [3.8, 4) is 0 Å². The number of hydrogen-bond acceptors (Lipinski definition) is 4. The van der Waals surface area contributed by atoms with Crippen molar-refractivity contribution in [1.29, 1.82) is 0 Å². The molecular weight excluding hydrogens is 402 g/mol. The zero-order valence-electron chi connectivity index (χ0n) is 17.4.